The number of carbonyl (C=O) groups excluding carboxylic acids is 2. The fourth-order valence-electron chi connectivity index (χ4n) is 7.86. The Morgan fingerprint density at radius 1 is 1.29 bits per heavy atom. The van der Waals surface area contributed by atoms with Crippen LogP contribution in [0.2, 0.25) is 0 Å². The summed E-state index contributed by atoms with van der Waals surface area (Å²) in [6, 6.07) is 2.92. The van der Waals surface area contributed by atoms with Crippen molar-refractivity contribution in [1.29, 1.82) is 0 Å². The van der Waals surface area contributed by atoms with Gasteiger partial charge in [0.1, 0.15) is 0 Å². The van der Waals surface area contributed by atoms with E-state index in [1.165, 1.54) is 24.0 Å². The van der Waals surface area contributed by atoms with Crippen molar-refractivity contribution in [3.8, 4) is 0 Å². The maximum absolute atomic E-state index is 12.6. The second-order valence-electron chi connectivity index (χ2n) is 10.9. The third kappa shape index (κ3) is 3.99. The van der Waals surface area contributed by atoms with Crippen LogP contribution in [0, 0.1) is 40.4 Å². The number of halogens is 1. The highest BCUT2D eigenvalue weighted by molar-refractivity contribution is 6.28. The average Bonchev–Trinajstić information content (AvgIpc) is 3.40. The Hall–Kier alpha value is -2.18. The molecule has 0 bridgehead atoms. The first-order valence-electron chi connectivity index (χ1n) is 12.0. The van der Waals surface area contributed by atoms with Gasteiger partial charge in [0.2, 0.25) is 5.76 Å². The second-order valence-corrected chi connectivity index (χ2v) is 11.1. The molecule has 0 radical (unpaired) electrons. The number of ketones is 2. The summed E-state index contributed by atoms with van der Waals surface area (Å²) in [7, 11) is 0. The average molecular weight is 489 g/mol. The summed E-state index contributed by atoms with van der Waals surface area (Å²) < 4.78 is 4.50. The number of carbonyl (C=O) groups is 3. The van der Waals surface area contributed by atoms with Crippen molar-refractivity contribution in [2.45, 2.75) is 52.6 Å². The molecule has 7 unspecified atom stereocenters. The van der Waals surface area contributed by atoms with Crippen LogP contribution < -0.4 is 0 Å². The lowest BCUT2D eigenvalue weighted by Gasteiger charge is -2.58. The normalized spacial score (nSPS) is 40.3. The standard InChI is InChI=1S/C22H29ClO3.C5H4O3/c1-12-8-16-15-5-4-13-9-14(24)6-7-21(13,2)20(15)17(25)10-22(16,3)19(12)18(26)11-23;6-5(7)4-2-1-3-8-4/h6-7,9,12,15-17,19-20,25H,4-5,8,10-11H2,1-3H3;1-3H,(H,6,7)/t12-,15?,16?,17?,19?,20?,21?,22?;/m1./s1. The number of fused-ring (bicyclic) bond motifs is 5. The van der Waals surface area contributed by atoms with Crippen LogP contribution in [-0.4, -0.2) is 39.7 Å². The van der Waals surface area contributed by atoms with E-state index in [0.717, 1.165) is 19.3 Å². The maximum Gasteiger partial charge on any atom is 0.371 e. The predicted octanol–water partition coefficient (Wildman–Crippen LogP) is 4.91. The van der Waals surface area contributed by atoms with E-state index in [4.69, 9.17) is 16.7 Å². The van der Waals surface area contributed by atoms with E-state index < -0.39 is 12.1 Å². The minimum atomic E-state index is -1.03. The number of aliphatic hydroxyl groups is 1. The van der Waals surface area contributed by atoms with Gasteiger partial charge in [0.25, 0.3) is 0 Å². The third-order valence-corrected chi connectivity index (χ3v) is 9.31. The van der Waals surface area contributed by atoms with Crippen molar-refractivity contribution in [1.82, 2.24) is 0 Å². The Morgan fingerprint density at radius 2 is 2.03 bits per heavy atom. The van der Waals surface area contributed by atoms with Gasteiger partial charge in [-0.2, -0.15) is 0 Å². The Morgan fingerprint density at radius 3 is 2.62 bits per heavy atom. The molecule has 0 amide bonds. The molecule has 0 aliphatic heterocycles. The molecule has 184 valence electrons. The summed E-state index contributed by atoms with van der Waals surface area (Å²) in [6.45, 7) is 6.57. The third-order valence-electron chi connectivity index (χ3n) is 9.05. The van der Waals surface area contributed by atoms with Gasteiger partial charge in [-0.1, -0.05) is 32.4 Å². The molecule has 0 aromatic carbocycles. The highest BCUT2D eigenvalue weighted by atomic mass is 35.5. The lowest BCUT2D eigenvalue weighted by molar-refractivity contribution is -0.138. The largest absolute Gasteiger partial charge is 0.475 e. The number of rotatable bonds is 3. The van der Waals surface area contributed by atoms with Crippen LogP contribution in [0.3, 0.4) is 0 Å². The number of alkyl halides is 1. The summed E-state index contributed by atoms with van der Waals surface area (Å²) in [6.07, 6.45) is 9.96. The quantitative estimate of drug-likeness (QED) is 0.585. The molecular weight excluding hydrogens is 456 g/mol. The van der Waals surface area contributed by atoms with Crippen LogP contribution in [-0.2, 0) is 9.59 Å². The zero-order valence-electron chi connectivity index (χ0n) is 19.9. The predicted molar refractivity (Wildman–Crippen MR) is 127 cm³/mol. The molecule has 7 heteroatoms. The van der Waals surface area contributed by atoms with Crippen LogP contribution >= 0.6 is 11.6 Å². The zero-order chi connectivity index (χ0) is 24.8. The maximum atomic E-state index is 12.6. The topological polar surface area (TPSA) is 105 Å². The summed E-state index contributed by atoms with van der Waals surface area (Å²) in [4.78, 5) is 34.4. The minimum Gasteiger partial charge on any atom is -0.475 e. The first-order chi connectivity index (χ1) is 16.0. The van der Waals surface area contributed by atoms with Crippen molar-refractivity contribution in [2.75, 3.05) is 5.88 Å². The number of hydrogen-bond donors (Lipinski definition) is 2. The first-order valence-corrected chi connectivity index (χ1v) is 12.5. The minimum absolute atomic E-state index is 0.0231. The van der Waals surface area contributed by atoms with Gasteiger partial charge in [0.05, 0.1) is 18.2 Å². The number of carboxylic acids is 1. The lowest BCUT2D eigenvalue weighted by atomic mass is 9.46. The van der Waals surface area contributed by atoms with Crippen LogP contribution in [0.4, 0.5) is 0 Å². The smallest absolute Gasteiger partial charge is 0.371 e. The molecule has 8 atom stereocenters. The Kier molecular flexibility index (Phi) is 6.69. The van der Waals surface area contributed by atoms with E-state index in [2.05, 4.69) is 25.2 Å². The molecule has 0 spiro atoms. The summed E-state index contributed by atoms with van der Waals surface area (Å²) in [5.41, 5.74) is 0.765. The van der Waals surface area contributed by atoms with Crippen molar-refractivity contribution in [3.05, 3.63) is 48.0 Å². The molecule has 5 rings (SSSR count). The highest BCUT2D eigenvalue weighted by Gasteiger charge is 2.64. The Bertz CT molecular complexity index is 1030. The van der Waals surface area contributed by atoms with Crippen molar-refractivity contribution < 1.29 is 29.0 Å². The van der Waals surface area contributed by atoms with E-state index in [0.29, 0.717) is 24.2 Å². The molecule has 2 N–H and O–H groups in total. The zero-order valence-corrected chi connectivity index (χ0v) is 20.6. The number of Topliss-reactive ketones (excluding diaryl/α,β-unsaturated/α-hetero) is 1. The molecular formula is C27H33ClO6. The molecule has 4 aliphatic rings. The van der Waals surface area contributed by atoms with Gasteiger partial charge in [-0.3, -0.25) is 9.59 Å². The van der Waals surface area contributed by atoms with Gasteiger partial charge >= 0.3 is 5.97 Å². The molecule has 4 aliphatic carbocycles. The second kappa shape index (κ2) is 9.12. The monoisotopic (exact) mass is 488 g/mol. The van der Waals surface area contributed by atoms with E-state index >= 15 is 0 Å². The van der Waals surface area contributed by atoms with E-state index in [1.807, 2.05) is 6.08 Å². The lowest BCUT2D eigenvalue weighted by Crippen LogP contribution is -2.56. The molecule has 1 aromatic rings. The molecule has 3 saturated carbocycles. The van der Waals surface area contributed by atoms with Crippen LogP contribution in [0.15, 0.2) is 46.6 Å². The Balaban J connectivity index is 0.000000291. The number of hydrogen-bond acceptors (Lipinski definition) is 5. The molecule has 1 aromatic heterocycles. The van der Waals surface area contributed by atoms with Gasteiger partial charge in [0, 0.05) is 17.3 Å². The number of aromatic carboxylic acids is 1. The van der Waals surface area contributed by atoms with E-state index in [1.54, 1.807) is 12.2 Å². The summed E-state index contributed by atoms with van der Waals surface area (Å²) >= 11 is 5.93. The van der Waals surface area contributed by atoms with Crippen LogP contribution in [0.1, 0.15) is 57.0 Å². The fraction of sp³-hybridized carbons (Fsp3) is 0.593. The van der Waals surface area contributed by atoms with E-state index in [-0.39, 0.29) is 45.9 Å². The molecule has 6 nitrogen and oxygen atoms in total. The van der Waals surface area contributed by atoms with Gasteiger partial charge < -0.3 is 14.6 Å². The van der Waals surface area contributed by atoms with Gasteiger partial charge in [0.15, 0.2) is 11.6 Å². The SMILES string of the molecule is C[C@@H]1CC2C3CCC4=CC(=O)C=CC4(C)C3C(O)CC2(C)C1C(=O)CCl.O=C(O)c1ccco1. The van der Waals surface area contributed by atoms with Crippen molar-refractivity contribution >= 4 is 29.1 Å². The van der Waals surface area contributed by atoms with Crippen molar-refractivity contribution in [2.24, 2.45) is 40.4 Å². The van der Waals surface area contributed by atoms with Gasteiger partial charge in [-0.25, -0.2) is 4.79 Å². The number of carboxylic acid groups (broad SMARTS) is 1. The van der Waals surface area contributed by atoms with E-state index in [9.17, 15) is 19.5 Å². The van der Waals surface area contributed by atoms with Crippen molar-refractivity contribution in [3.63, 3.8) is 0 Å². The number of aliphatic hydroxyl groups excluding tert-OH is 1. The summed E-state index contributed by atoms with van der Waals surface area (Å²) in [5, 5.41) is 19.4. The number of allylic oxidation sites excluding steroid dienone is 4. The highest BCUT2D eigenvalue weighted by Crippen LogP contribution is 2.67. The summed E-state index contributed by atoms with van der Waals surface area (Å²) in [5.74, 6) is 0.434. The van der Waals surface area contributed by atoms with Crippen LogP contribution in [0.25, 0.3) is 0 Å². The molecule has 34 heavy (non-hydrogen) atoms. The molecule has 1 heterocycles. The van der Waals surface area contributed by atoms with Crippen LogP contribution in [0.5, 0.6) is 0 Å². The van der Waals surface area contributed by atoms with Gasteiger partial charge in [-0.05, 0) is 73.1 Å². The fourth-order valence-corrected chi connectivity index (χ4v) is 8.03. The first kappa shape index (κ1) is 24.9. The molecule has 0 saturated heterocycles. The molecule has 3 fully saturated rings. The Labute approximate surface area is 205 Å². The van der Waals surface area contributed by atoms with Gasteiger partial charge in [-0.15, -0.1) is 11.6 Å². The number of furan rings is 1.